The maximum Gasteiger partial charge on any atom is 0.234 e. The number of aliphatic hydroxyl groups is 1. The fourth-order valence-corrected chi connectivity index (χ4v) is 2.20. The van der Waals surface area contributed by atoms with Gasteiger partial charge in [0, 0.05) is 6.54 Å². The highest BCUT2D eigenvalue weighted by Gasteiger charge is 2.13. The fourth-order valence-electron chi connectivity index (χ4n) is 2.20. The number of aliphatic hydroxyl groups excluding tert-OH is 1. The Labute approximate surface area is 115 Å². The van der Waals surface area contributed by atoms with E-state index in [1.54, 1.807) is 6.92 Å². The highest BCUT2D eigenvalue weighted by Crippen LogP contribution is 2.16. The normalized spacial score (nSPS) is 14.2. The van der Waals surface area contributed by atoms with Crippen LogP contribution in [0.4, 0.5) is 0 Å². The van der Waals surface area contributed by atoms with Gasteiger partial charge in [-0.25, -0.2) is 0 Å². The molecule has 0 aliphatic carbocycles. The number of nitrogens with one attached hydrogen (secondary N) is 1. The van der Waals surface area contributed by atoms with Gasteiger partial charge in [0.25, 0.3) is 0 Å². The molecule has 0 heterocycles. The number of rotatable bonds is 6. The van der Waals surface area contributed by atoms with Gasteiger partial charge in [0.1, 0.15) is 0 Å². The van der Waals surface area contributed by atoms with Crippen molar-refractivity contribution in [1.29, 1.82) is 0 Å². The average molecular weight is 264 g/mol. The number of carbonyl (C=O) groups is 1. The van der Waals surface area contributed by atoms with E-state index in [0.29, 0.717) is 13.1 Å². The Morgan fingerprint density at radius 1 is 1.37 bits per heavy atom. The Hall–Kier alpha value is -1.39. The van der Waals surface area contributed by atoms with Crippen LogP contribution in [-0.2, 0) is 4.79 Å². The Bertz CT molecular complexity index is 418. The molecule has 1 rings (SSSR count). The minimum Gasteiger partial charge on any atom is -0.392 e. The molecule has 0 aliphatic rings. The zero-order valence-corrected chi connectivity index (χ0v) is 12.2. The van der Waals surface area contributed by atoms with Crippen molar-refractivity contribution in [1.82, 2.24) is 10.2 Å². The highest BCUT2D eigenvalue weighted by molar-refractivity contribution is 5.78. The Balaban J connectivity index is 2.51. The summed E-state index contributed by atoms with van der Waals surface area (Å²) in [6.07, 6.45) is -0.424. The zero-order valence-electron chi connectivity index (χ0n) is 12.2. The largest absolute Gasteiger partial charge is 0.392 e. The van der Waals surface area contributed by atoms with E-state index in [0.717, 1.165) is 5.56 Å². The summed E-state index contributed by atoms with van der Waals surface area (Å²) in [5.41, 5.74) is 2.31. The Kier molecular flexibility index (Phi) is 5.99. The van der Waals surface area contributed by atoms with Crippen LogP contribution in [0, 0.1) is 6.92 Å². The predicted molar refractivity (Wildman–Crippen MR) is 76.9 cm³/mol. The molecule has 4 heteroatoms. The number of hydrogen-bond acceptors (Lipinski definition) is 3. The third kappa shape index (κ3) is 5.41. The maximum absolute atomic E-state index is 11.9. The van der Waals surface area contributed by atoms with Gasteiger partial charge in [-0.1, -0.05) is 24.3 Å². The Morgan fingerprint density at radius 2 is 2.00 bits per heavy atom. The van der Waals surface area contributed by atoms with Crippen molar-refractivity contribution in [2.24, 2.45) is 0 Å². The molecule has 0 bridgehead atoms. The second-order valence-electron chi connectivity index (χ2n) is 5.19. The molecule has 0 saturated heterocycles. The molecule has 0 saturated carbocycles. The summed E-state index contributed by atoms with van der Waals surface area (Å²) in [5, 5.41) is 12.2. The molecule has 0 fully saturated rings. The molecule has 0 spiro atoms. The lowest BCUT2D eigenvalue weighted by Gasteiger charge is -2.21. The number of amides is 1. The van der Waals surface area contributed by atoms with E-state index in [4.69, 9.17) is 0 Å². The molecule has 0 aromatic heterocycles. The Morgan fingerprint density at radius 3 is 2.58 bits per heavy atom. The monoisotopic (exact) mass is 264 g/mol. The summed E-state index contributed by atoms with van der Waals surface area (Å²) in [5.74, 6) is -0.0288. The van der Waals surface area contributed by atoms with Gasteiger partial charge in [-0.05, 0) is 38.9 Å². The molecule has 0 aliphatic heterocycles. The van der Waals surface area contributed by atoms with E-state index in [1.807, 2.05) is 50.1 Å². The molecule has 4 nitrogen and oxygen atoms in total. The minimum atomic E-state index is -0.424. The van der Waals surface area contributed by atoms with Crippen LogP contribution in [0.25, 0.3) is 0 Å². The zero-order chi connectivity index (χ0) is 14.4. The number of likely N-dealkylation sites (N-methyl/N-ethyl adjacent to an activating group) is 1. The molecule has 2 N–H and O–H groups in total. The molecule has 19 heavy (non-hydrogen) atoms. The third-order valence-corrected chi connectivity index (χ3v) is 3.02. The van der Waals surface area contributed by atoms with Crippen molar-refractivity contribution in [3.63, 3.8) is 0 Å². The molecule has 106 valence electrons. The van der Waals surface area contributed by atoms with Crippen molar-refractivity contribution in [2.75, 3.05) is 20.1 Å². The van der Waals surface area contributed by atoms with Crippen LogP contribution in [-0.4, -0.2) is 42.2 Å². The summed E-state index contributed by atoms with van der Waals surface area (Å²) in [6, 6.07) is 8.03. The van der Waals surface area contributed by atoms with Crippen LogP contribution >= 0.6 is 0 Å². The van der Waals surface area contributed by atoms with Gasteiger partial charge in [0.15, 0.2) is 0 Å². The first-order chi connectivity index (χ1) is 8.90. The van der Waals surface area contributed by atoms with Crippen molar-refractivity contribution in [3.8, 4) is 0 Å². The molecule has 2 unspecified atom stereocenters. The standard InChI is InChI=1S/C15H24N2O2/c1-11-7-5-6-8-14(11)13(3)16-15(19)10-17(4)9-12(2)18/h5-8,12-13,18H,9-10H2,1-4H3,(H,16,19). The maximum atomic E-state index is 11.9. The van der Waals surface area contributed by atoms with E-state index < -0.39 is 6.10 Å². The first-order valence-corrected chi connectivity index (χ1v) is 6.61. The molecular formula is C15H24N2O2. The molecule has 0 radical (unpaired) electrons. The van der Waals surface area contributed by atoms with Crippen molar-refractivity contribution < 1.29 is 9.90 Å². The first-order valence-electron chi connectivity index (χ1n) is 6.61. The second-order valence-corrected chi connectivity index (χ2v) is 5.19. The molecule has 1 aromatic carbocycles. The van der Waals surface area contributed by atoms with Crippen LogP contribution in [0.2, 0.25) is 0 Å². The molecule has 2 atom stereocenters. The lowest BCUT2D eigenvalue weighted by molar-refractivity contribution is -0.122. The number of carbonyl (C=O) groups excluding carboxylic acids is 1. The highest BCUT2D eigenvalue weighted by atomic mass is 16.3. The first kappa shape index (κ1) is 15.7. The summed E-state index contributed by atoms with van der Waals surface area (Å²) in [4.78, 5) is 13.7. The summed E-state index contributed by atoms with van der Waals surface area (Å²) < 4.78 is 0. The van der Waals surface area contributed by atoms with Gasteiger partial charge in [-0.3, -0.25) is 9.69 Å². The predicted octanol–water partition coefficient (Wildman–Crippen LogP) is 1.48. The smallest absolute Gasteiger partial charge is 0.234 e. The summed E-state index contributed by atoms with van der Waals surface area (Å²) in [7, 11) is 1.82. The van der Waals surface area contributed by atoms with Gasteiger partial charge >= 0.3 is 0 Å². The lowest BCUT2D eigenvalue weighted by atomic mass is 10.0. The van der Waals surface area contributed by atoms with E-state index in [9.17, 15) is 9.90 Å². The second kappa shape index (κ2) is 7.26. The SMILES string of the molecule is Cc1ccccc1C(C)NC(=O)CN(C)CC(C)O. The summed E-state index contributed by atoms with van der Waals surface area (Å²) >= 11 is 0. The van der Waals surface area contributed by atoms with Crippen molar-refractivity contribution in [2.45, 2.75) is 32.9 Å². The minimum absolute atomic E-state index is 0.00588. The van der Waals surface area contributed by atoms with E-state index >= 15 is 0 Å². The van der Waals surface area contributed by atoms with Gasteiger partial charge in [0.2, 0.25) is 5.91 Å². The molecule has 1 amide bonds. The number of aryl methyl sites for hydroxylation is 1. The average Bonchev–Trinajstić information content (AvgIpc) is 2.27. The van der Waals surface area contributed by atoms with Gasteiger partial charge in [-0.15, -0.1) is 0 Å². The van der Waals surface area contributed by atoms with Gasteiger partial charge in [0.05, 0.1) is 18.7 Å². The topological polar surface area (TPSA) is 52.6 Å². The quantitative estimate of drug-likeness (QED) is 0.818. The number of benzene rings is 1. The van der Waals surface area contributed by atoms with Crippen molar-refractivity contribution in [3.05, 3.63) is 35.4 Å². The molecular weight excluding hydrogens is 240 g/mol. The lowest BCUT2D eigenvalue weighted by Crippen LogP contribution is -2.39. The molecule has 1 aromatic rings. The number of hydrogen-bond donors (Lipinski definition) is 2. The van der Waals surface area contributed by atoms with E-state index in [-0.39, 0.29) is 11.9 Å². The number of nitrogens with zero attached hydrogens (tertiary/aromatic N) is 1. The van der Waals surface area contributed by atoms with E-state index in [2.05, 4.69) is 5.32 Å². The van der Waals surface area contributed by atoms with Crippen molar-refractivity contribution >= 4 is 5.91 Å². The van der Waals surface area contributed by atoms with Crippen LogP contribution in [0.5, 0.6) is 0 Å². The van der Waals surface area contributed by atoms with Crippen LogP contribution in [0.3, 0.4) is 0 Å². The van der Waals surface area contributed by atoms with E-state index in [1.165, 1.54) is 5.56 Å². The van der Waals surface area contributed by atoms with Crippen LogP contribution in [0.15, 0.2) is 24.3 Å². The van der Waals surface area contributed by atoms with Crippen LogP contribution < -0.4 is 5.32 Å². The van der Waals surface area contributed by atoms with Gasteiger partial charge in [-0.2, -0.15) is 0 Å². The van der Waals surface area contributed by atoms with Crippen LogP contribution in [0.1, 0.15) is 31.0 Å². The fraction of sp³-hybridized carbons (Fsp3) is 0.533. The summed E-state index contributed by atoms with van der Waals surface area (Å²) in [6.45, 7) is 6.52. The van der Waals surface area contributed by atoms with Gasteiger partial charge < -0.3 is 10.4 Å². The third-order valence-electron chi connectivity index (χ3n) is 3.02.